The van der Waals surface area contributed by atoms with Crippen LogP contribution in [-0.4, -0.2) is 4.92 Å². The van der Waals surface area contributed by atoms with E-state index < -0.39 is 37.4 Å². The summed E-state index contributed by atoms with van der Waals surface area (Å²) in [4.78, 5) is 8.85. The third kappa shape index (κ3) is 1.53. The van der Waals surface area contributed by atoms with Crippen LogP contribution < -0.4 is 0 Å². The highest BCUT2D eigenvalue weighted by Crippen LogP contribution is 2.30. The maximum absolute atomic E-state index is 12.7. The molecule has 1 aromatic carbocycles. The Hall–Kier alpha value is -0.930. The molecule has 0 amide bonds. The Morgan fingerprint density at radius 2 is 1.43 bits per heavy atom. The molecule has 0 spiro atoms. The van der Waals surface area contributed by atoms with Crippen LogP contribution in [-0.2, 0) is 0 Å². The number of hydrogen-bond acceptors (Lipinski definition) is 2. The van der Waals surface area contributed by atoms with Crippen LogP contribution in [0, 0.1) is 37.0 Å². The number of nitro groups is 1. The van der Waals surface area contributed by atoms with Gasteiger partial charge >= 0.3 is 5.69 Å². The van der Waals surface area contributed by atoms with E-state index >= 15 is 0 Å². The predicted molar refractivity (Wildman–Crippen MR) is 45.6 cm³/mol. The second-order valence-electron chi connectivity index (χ2n) is 2.18. The summed E-state index contributed by atoms with van der Waals surface area (Å²) in [6.45, 7) is 0. The highest BCUT2D eigenvalue weighted by Gasteiger charge is 2.31. The molecular weight excluding hydrogens is 321 g/mol. The van der Waals surface area contributed by atoms with E-state index in [9.17, 15) is 27.7 Å². The Kier molecular flexibility index (Phi) is 2.92. The molecule has 8 heteroatoms. The minimum absolute atomic E-state index is 0.899. The molecule has 0 aromatic heterocycles. The van der Waals surface area contributed by atoms with Gasteiger partial charge in [-0.3, -0.25) is 10.1 Å². The van der Waals surface area contributed by atoms with E-state index in [2.05, 4.69) is 0 Å². The van der Waals surface area contributed by atoms with E-state index in [0.29, 0.717) is 0 Å². The van der Waals surface area contributed by atoms with E-state index in [-0.39, 0.29) is 0 Å². The second kappa shape index (κ2) is 3.67. The molecule has 0 unspecified atom stereocenters. The van der Waals surface area contributed by atoms with Gasteiger partial charge < -0.3 is 0 Å². The summed E-state index contributed by atoms with van der Waals surface area (Å²) in [6.07, 6.45) is 0. The summed E-state index contributed by atoms with van der Waals surface area (Å²) < 4.78 is 49.5. The van der Waals surface area contributed by atoms with Crippen LogP contribution in [0.15, 0.2) is 0 Å². The zero-order valence-electron chi connectivity index (χ0n) is 6.15. The van der Waals surface area contributed by atoms with Gasteiger partial charge in [0.2, 0.25) is 11.6 Å². The molecule has 0 heterocycles. The molecule has 3 nitrogen and oxygen atoms in total. The molecule has 0 bridgehead atoms. The summed E-state index contributed by atoms with van der Waals surface area (Å²) in [5.74, 6) is -8.01. The van der Waals surface area contributed by atoms with Gasteiger partial charge in [-0.05, 0) is 22.6 Å². The van der Waals surface area contributed by atoms with Crippen molar-refractivity contribution in [3.05, 3.63) is 37.0 Å². The summed E-state index contributed by atoms with van der Waals surface area (Å²) in [7, 11) is 0. The summed E-state index contributed by atoms with van der Waals surface area (Å²) in [6, 6.07) is 0. The van der Waals surface area contributed by atoms with Crippen LogP contribution in [0.2, 0.25) is 0 Å². The number of halogens is 5. The fourth-order valence-electron chi connectivity index (χ4n) is 0.754. The first-order chi connectivity index (χ1) is 6.37. The smallest absolute Gasteiger partial charge is 0.258 e. The second-order valence-corrected chi connectivity index (χ2v) is 3.25. The topological polar surface area (TPSA) is 43.1 Å². The fraction of sp³-hybridized carbons (Fsp3) is 0. The summed E-state index contributed by atoms with van der Waals surface area (Å²) in [5, 5.41) is 10.2. The average Bonchev–Trinajstić information content (AvgIpc) is 2.11. The van der Waals surface area contributed by atoms with E-state index in [1.165, 1.54) is 0 Å². The number of hydrogen-bond donors (Lipinski definition) is 0. The van der Waals surface area contributed by atoms with Crippen molar-refractivity contribution in [1.82, 2.24) is 0 Å². The monoisotopic (exact) mass is 321 g/mol. The van der Waals surface area contributed by atoms with E-state index in [1.54, 1.807) is 0 Å². The number of nitrogens with zero attached hydrogens (tertiary/aromatic N) is 1. The van der Waals surface area contributed by atoms with Crippen molar-refractivity contribution in [1.29, 1.82) is 0 Å². The summed E-state index contributed by atoms with van der Waals surface area (Å²) in [5.41, 5.74) is -1.40. The standard InChI is InChI=1S/C6F4INO2/c7-1-2(8)4(10)6(12(13)14)5(11)3(1)9. The van der Waals surface area contributed by atoms with Crippen molar-refractivity contribution in [2.24, 2.45) is 0 Å². The van der Waals surface area contributed by atoms with Gasteiger partial charge in [0.05, 0.1) is 4.92 Å². The Balaban J connectivity index is 3.68. The largest absolute Gasteiger partial charge is 0.324 e. The van der Waals surface area contributed by atoms with Crippen molar-refractivity contribution in [3.8, 4) is 0 Å². The number of benzene rings is 1. The van der Waals surface area contributed by atoms with E-state index in [1.807, 2.05) is 0 Å². The molecule has 0 N–H and O–H groups in total. The van der Waals surface area contributed by atoms with Gasteiger partial charge in [0, 0.05) is 0 Å². The van der Waals surface area contributed by atoms with Gasteiger partial charge in [0.25, 0.3) is 0 Å². The lowest BCUT2D eigenvalue weighted by atomic mass is 10.3. The number of rotatable bonds is 1. The minimum Gasteiger partial charge on any atom is -0.258 e. The van der Waals surface area contributed by atoms with Crippen LogP contribution in [0.1, 0.15) is 0 Å². The van der Waals surface area contributed by atoms with E-state index in [4.69, 9.17) is 0 Å². The lowest BCUT2D eigenvalue weighted by Gasteiger charge is -2.01. The Bertz CT molecular complexity index is 394. The average molecular weight is 321 g/mol. The Labute approximate surface area is 88.0 Å². The fourth-order valence-corrected chi connectivity index (χ4v) is 1.42. The van der Waals surface area contributed by atoms with Crippen molar-refractivity contribution >= 4 is 28.3 Å². The molecule has 1 rings (SSSR count). The Morgan fingerprint density at radius 3 is 1.86 bits per heavy atom. The van der Waals surface area contributed by atoms with Crippen molar-refractivity contribution in [2.45, 2.75) is 0 Å². The minimum atomic E-state index is -2.19. The lowest BCUT2D eigenvalue weighted by molar-refractivity contribution is -0.389. The van der Waals surface area contributed by atoms with Gasteiger partial charge in [-0.15, -0.1) is 0 Å². The zero-order chi connectivity index (χ0) is 11.0. The van der Waals surface area contributed by atoms with Gasteiger partial charge in [-0.1, -0.05) is 0 Å². The SMILES string of the molecule is O=[N+]([O-])c1c(F)c(F)c(F)c(F)c1I. The van der Waals surface area contributed by atoms with Crippen LogP contribution in [0.3, 0.4) is 0 Å². The first-order valence-electron chi connectivity index (χ1n) is 3.03. The lowest BCUT2D eigenvalue weighted by Crippen LogP contribution is -2.05. The normalized spacial score (nSPS) is 10.4. The molecule has 0 aliphatic heterocycles. The van der Waals surface area contributed by atoms with Crippen molar-refractivity contribution in [3.63, 3.8) is 0 Å². The first-order valence-corrected chi connectivity index (χ1v) is 4.11. The Morgan fingerprint density at radius 1 is 1.00 bits per heavy atom. The van der Waals surface area contributed by atoms with Gasteiger partial charge in [0.15, 0.2) is 11.6 Å². The molecular formula is C6F4INO2. The molecule has 76 valence electrons. The third-order valence-electron chi connectivity index (χ3n) is 1.37. The zero-order valence-corrected chi connectivity index (χ0v) is 8.31. The molecule has 0 saturated heterocycles. The first kappa shape index (κ1) is 11.1. The van der Waals surface area contributed by atoms with Crippen LogP contribution in [0.5, 0.6) is 0 Å². The van der Waals surface area contributed by atoms with Crippen LogP contribution >= 0.6 is 22.6 Å². The molecule has 0 atom stereocenters. The molecule has 0 aliphatic rings. The summed E-state index contributed by atoms with van der Waals surface area (Å²) >= 11 is 1.02. The molecule has 1 aromatic rings. The van der Waals surface area contributed by atoms with Crippen LogP contribution in [0.25, 0.3) is 0 Å². The van der Waals surface area contributed by atoms with Crippen molar-refractivity contribution < 1.29 is 22.5 Å². The molecule has 14 heavy (non-hydrogen) atoms. The molecule has 0 aliphatic carbocycles. The maximum atomic E-state index is 12.7. The quantitative estimate of drug-likeness (QED) is 0.199. The van der Waals surface area contributed by atoms with Crippen molar-refractivity contribution in [2.75, 3.05) is 0 Å². The third-order valence-corrected chi connectivity index (χ3v) is 2.35. The van der Waals surface area contributed by atoms with Crippen LogP contribution in [0.4, 0.5) is 23.2 Å². The molecule has 0 fully saturated rings. The highest BCUT2D eigenvalue weighted by molar-refractivity contribution is 14.1. The molecule has 0 radical (unpaired) electrons. The molecule has 0 saturated carbocycles. The predicted octanol–water partition coefficient (Wildman–Crippen LogP) is 2.76. The van der Waals surface area contributed by atoms with Gasteiger partial charge in [-0.2, -0.15) is 4.39 Å². The van der Waals surface area contributed by atoms with Gasteiger partial charge in [-0.25, -0.2) is 13.2 Å². The highest BCUT2D eigenvalue weighted by atomic mass is 127. The maximum Gasteiger partial charge on any atom is 0.324 e. The number of nitro benzene ring substituents is 1. The van der Waals surface area contributed by atoms with E-state index in [0.717, 1.165) is 22.6 Å². The van der Waals surface area contributed by atoms with Gasteiger partial charge in [0.1, 0.15) is 3.57 Å².